The van der Waals surface area contributed by atoms with E-state index < -0.39 is 18.1 Å². The van der Waals surface area contributed by atoms with Crippen molar-refractivity contribution in [2.75, 3.05) is 13.1 Å². The second-order valence-corrected chi connectivity index (χ2v) is 3.90. The second kappa shape index (κ2) is 2.62. The number of alkyl halides is 3. The van der Waals surface area contributed by atoms with E-state index in [9.17, 15) is 13.2 Å². The average molecular weight is 181 g/mol. The van der Waals surface area contributed by atoms with E-state index in [1.807, 2.05) is 0 Å². The van der Waals surface area contributed by atoms with Crippen LogP contribution in [0.4, 0.5) is 13.2 Å². The first kappa shape index (κ1) is 9.84. The maximum atomic E-state index is 13.2. The molecule has 1 rings (SSSR count). The predicted octanol–water partition coefficient (Wildman–Crippen LogP) is 2.07. The van der Waals surface area contributed by atoms with E-state index in [0.717, 1.165) is 6.92 Å². The number of hydrogen-bond donors (Lipinski definition) is 0. The lowest BCUT2D eigenvalue weighted by molar-refractivity contribution is -0.0912. The molecule has 0 spiro atoms. The van der Waals surface area contributed by atoms with Gasteiger partial charge in [-0.05, 0) is 20.8 Å². The molecule has 0 saturated carbocycles. The minimum absolute atomic E-state index is 0.0200. The molecule has 1 aliphatic rings. The summed E-state index contributed by atoms with van der Waals surface area (Å²) in [4.78, 5) is 1.46. The third kappa shape index (κ3) is 1.44. The summed E-state index contributed by atoms with van der Waals surface area (Å²) in [5.41, 5.74) is -2.36. The summed E-state index contributed by atoms with van der Waals surface area (Å²) in [6.07, 6.45) is 0. The normalized spacial score (nSPS) is 36.2. The highest BCUT2D eigenvalue weighted by Gasteiger charge is 2.58. The largest absolute Gasteiger partial charge is 0.294 e. The third-order valence-corrected chi connectivity index (χ3v) is 2.39. The van der Waals surface area contributed by atoms with Gasteiger partial charge in [0.25, 0.3) is 5.92 Å². The van der Waals surface area contributed by atoms with Crippen LogP contribution in [0.15, 0.2) is 0 Å². The maximum Gasteiger partial charge on any atom is 0.294 e. The summed E-state index contributed by atoms with van der Waals surface area (Å²) < 4.78 is 39.0. The molecule has 0 bridgehead atoms. The summed E-state index contributed by atoms with van der Waals surface area (Å²) in [6.45, 7) is 3.92. The zero-order chi connectivity index (χ0) is 9.57. The van der Waals surface area contributed by atoms with E-state index in [-0.39, 0.29) is 12.6 Å². The van der Waals surface area contributed by atoms with E-state index >= 15 is 0 Å². The van der Waals surface area contributed by atoms with Crippen LogP contribution in [-0.2, 0) is 0 Å². The van der Waals surface area contributed by atoms with Crippen molar-refractivity contribution in [3.63, 3.8) is 0 Å². The van der Waals surface area contributed by atoms with Crippen molar-refractivity contribution >= 4 is 0 Å². The molecular formula is C8H14F3N. The quantitative estimate of drug-likeness (QED) is 0.598. The van der Waals surface area contributed by atoms with Crippen LogP contribution in [0, 0.1) is 0 Å². The van der Waals surface area contributed by atoms with Crippen molar-refractivity contribution in [3.05, 3.63) is 0 Å². The fourth-order valence-corrected chi connectivity index (χ4v) is 1.34. The summed E-state index contributed by atoms with van der Waals surface area (Å²) in [5.74, 6) is -3.20. The summed E-state index contributed by atoms with van der Waals surface area (Å²) in [6, 6.07) is -0.0200. The molecule has 1 saturated heterocycles. The van der Waals surface area contributed by atoms with Gasteiger partial charge in [0, 0.05) is 12.6 Å². The van der Waals surface area contributed by atoms with Gasteiger partial charge in [-0.15, -0.1) is 0 Å². The predicted molar refractivity (Wildman–Crippen MR) is 41.2 cm³/mol. The van der Waals surface area contributed by atoms with E-state index in [4.69, 9.17) is 0 Å². The standard InChI is InChI=1S/C8H14F3N/c1-6(2)12-4-7(3,9)8(10,11)5-12/h6H,4-5H2,1-3H3. The lowest BCUT2D eigenvalue weighted by Gasteiger charge is -2.20. The van der Waals surface area contributed by atoms with E-state index in [1.165, 1.54) is 4.90 Å². The minimum Gasteiger partial charge on any atom is -0.292 e. The van der Waals surface area contributed by atoms with Crippen LogP contribution in [0.2, 0.25) is 0 Å². The highest BCUT2D eigenvalue weighted by Crippen LogP contribution is 2.39. The van der Waals surface area contributed by atoms with E-state index in [0.29, 0.717) is 0 Å². The molecule has 0 N–H and O–H groups in total. The molecule has 1 unspecified atom stereocenters. The van der Waals surface area contributed by atoms with Gasteiger partial charge < -0.3 is 0 Å². The molecule has 1 aliphatic heterocycles. The number of halogens is 3. The fraction of sp³-hybridized carbons (Fsp3) is 1.00. The third-order valence-electron chi connectivity index (χ3n) is 2.39. The molecule has 0 aromatic rings. The molecule has 1 nitrogen and oxygen atoms in total. The number of rotatable bonds is 1. The first-order valence-electron chi connectivity index (χ1n) is 4.07. The summed E-state index contributed by atoms with van der Waals surface area (Å²) in [5, 5.41) is 0. The molecule has 0 aliphatic carbocycles. The maximum absolute atomic E-state index is 13.2. The highest BCUT2D eigenvalue weighted by atomic mass is 19.3. The van der Waals surface area contributed by atoms with Crippen molar-refractivity contribution in [2.45, 2.75) is 38.4 Å². The molecular weight excluding hydrogens is 167 g/mol. The fourth-order valence-electron chi connectivity index (χ4n) is 1.34. The smallest absolute Gasteiger partial charge is 0.292 e. The Labute approximate surface area is 70.5 Å². The monoisotopic (exact) mass is 181 g/mol. The van der Waals surface area contributed by atoms with Crippen LogP contribution in [-0.4, -0.2) is 35.6 Å². The van der Waals surface area contributed by atoms with Gasteiger partial charge >= 0.3 is 0 Å². The van der Waals surface area contributed by atoms with Crippen molar-refractivity contribution in [2.24, 2.45) is 0 Å². The van der Waals surface area contributed by atoms with Crippen molar-refractivity contribution < 1.29 is 13.2 Å². The Morgan fingerprint density at radius 3 is 1.83 bits per heavy atom. The topological polar surface area (TPSA) is 3.24 Å². The molecule has 72 valence electrons. The Morgan fingerprint density at radius 1 is 1.17 bits per heavy atom. The number of likely N-dealkylation sites (tertiary alicyclic amines) is 1. The van der Waals surface area contributed by atoms with E-state index in [1.54, 1.807) is 13.8 Å². The molecule has 4 heteroatoms. The summed E-state index contributed by atoms with van der Waals surface area (Å²) in [7, 11) is 0. The summed E-state index contributed by atoms with van der Waals surface area (Å²) >= 11 is 0. The Hall–Kier alpha value is -0.250. The Morgan fingerprint density at radius 2 is 1.67 bits per heavy atom. The number of nitrogens with zero attached hydrogens (tertiary/aromatic N) is 1. The van der Waals surface area contributed by atoms with Crippen LogP contribution in [0.1, 0.15) is 20.8 Å². The molecule has 0 amide bonds. The van der Waals surface area contributed by atoms with Gasteiger partial charge in [-0.1, -0.05) is 0 Å². The average Bonchev–Trinajstić information content (AvgIpc) is 2.03. The van der Waals surface area contributed by atoms with Crippen LogP contribution in [0.3, 0.4) is 0 Å². The molecule has 1 fully saturated rings. The molecule has 1 atom stereocenters. The highest BCUT2D eigenvalue weighted by molar-refractivity contribution is 5.01. The van der Waals surface area contributed by atoms with Gasteiger partial charge in [0.1, 0.15) is 0 Å². The molecule has 0 radical (unpaired) electrons. The van der Waals surface area contributed by atoms with Crippen molar-refractivity contribution in [3.8, 4) is 0 Å². The van der Waals surface area contributed by atoms with Gasteiger partial charge in [-0.2, -0.15) is 0 Å². The molecule has 0 aromatic carbocycles. The first-order valence-corrected chi connectivity index (χ1v) is 4.07. The molecule has 12 heavy (non-hydrogen) atoms. The zero-order valence-electron chi connectivity index (χ0n) is 7.57. The minimum atomic E-state index is -3.20. The lowest BCUT2D eigenvalue weighted by atomic mass is 10.1. The Kier molecular flexibility index (Phi) is 2.15. The van der Waals surface area contributed by atoms with Gasteiger partial charge in [-0.3, -0.25) is 4.90 Å². The van der Waals surface area contributed by atoms with Crippen LogP contribution >= 0.6 is 0 Å². The number of hydrogen-bond acceptors (Lipinski definition) is 1. The SMILES string of the molecule is CC(C)N1CC(C)(F)C(F)(F)C1. The lowest BCUT2D eigenvalue weighted by Crippen LogP contribution is -2.39. The van der Waals surface area contributed by atoms with Crippen molar-refractivity contribution in [1.82, 2.24) is 4.90 Å². The first-order chi connectivity index (χ1) is 5.26. The van der Waals surface area contributed by atoms with Gasteiger partial charge in [0.2, 0.25) is 0 Å². The Bertz CT molecular complexity index is 161. The van der Waals surface area contributed by atoms with Gasteiger partial charge in [0.05, 0.1) is 6.54 Å². The second-order valence-electron chi connectivity index (χ2n) is 3.90. The van der Waals surface area contributed by atoms with Gasteiger partial charge in [-0.25, -0.2) is 13.2 Å². The van der Waals surface area contributed by atoms with Gasteiger partial charge in [0.15, 0.2) is 5.67 Å². The van der Waals surface area contributed by atoms with Crippen LogP contribution < -0.4 is 0 Å². The Balaban J connectivity index is 2.74. The molecule has 0 aromatic heterocycles. The van der Waals surface area contributed by atoms with Crippen LogP contribution in [0.5, 0.6) is 0 Å². The van der Waals surface area contributed by atoms with Crippen LogP contribution in [0.25, 0.3) is 0 Å². The van der Waals surface area contributed by atoms with Crippen molar-refractivity contribution in [1.29, 1.82) is 0 Å². The molecule has 1 heterocycles. The van der Waals surface area contributed by atoms with E-state index in [2.05, 4.69) is 0 Å². The zero-order valence-corrected chi connectivity index (χ0v) is 7.57.